The van der Waals surface area contributed by atoms with Gasteiger partial charge in [0.15, 0.2) is 12.0 Å². The van der Waals surface area contributed by atoms with Gasteiger partial charge >= 0.3 is 0 Å². The van der Waals surface area contributed by atoms with Gasteiger partial charge in [-0.15, -0.1) is 0 Å². The molecule has 2 heterocycles. The van der Waals surface area contributed by atoms with E-state index >= 15 is 0 Å². The number of fused-ring (bicyclic) bond motifs is 1. The number of hydrogen-bond acceptors (Lipinski definition) is 4. The first-order valence-electron chi connectivity index (χ1n) is 6.06. The molecule has 3 rings (SSSR count). The lowest BCUT2D eigenvalue weighted by Crippen LogP contribution is -2.43. The Morgan fingerprint density at radius 3 is 2.76 bits per heavy atom. The van der Waals surface area contributed by atoms with Crippen LogP contribution in [0.3, 0.4) is 0 Å². The summed E-state index contributed by atoms with van der Waals surface area (Å²) in [5.74, 6) is 0. The van der Waals surface area contributed by atoms with Gasteiger partial charge in [0.25, 0.3) is 0 Å². The summed E-state index contributed by atoms with van der Waals surface area (Å²) in [5, 5.41) is 3.37. The zero-order valence-electron chi connectivity index (χ0n) is 10.3. The molecular formula is C13H17N3O. The molecule has 0 unspecified atom stereocenters. The zero-order valence-corrected chi connectivity index (χ0v) is 10.3. The Hall–Kier alpha value is -1.55. The SMILES string of the molecule is Cc1c(N2CCNCC2)cc2ncoc2c1C. The summed E-state index contributed by atoms with van der Waals surface area (Å²) in [7, 11) is 0. The Bertz CT molecular complexity index is 541. The molecule has 1 saturated heterocycles. The van der Waals surface area contributed by atoms with E-state index in [9.17, 15) is 0 Å². The molecule has 17 heavy (non-hydrogen) atoms. The monoisotopic (exact) mass is 231 g/mol. The Morgan fingerprint density at radius 1 is 1.24 bits per heavy atom. The number of rotatable bonds is 1. The Kier molecular flexibility index (Phi) is 2.52. The van der Waals surface area contributed by atoms with E-state index in [4.69, 9.17) is 4.42 Å². The Labute approximate surface area is 101 Å². The van der Waals surface area contributed by atoms with Crippen molar-refractivity contribution in [2.24, 2.45) is 0 Å². The third kappa shape index (κ3) is 1.69. The quantitative estimate of drug-likeness (QED) is 0.813. The van der Waals surface area contributed by atoms with E-state index < -0.39 is 0 Å². The van der Waals surface area contributed by atoms with Gasteiger partial charge in [-0.25, -0.2) is 4.98 Å². The summed E-state index contributed by atoms with van der Waals surface area (Å²) < 4.78 is 5.43. The first-order valence-corrected chi connectivity index (χ1v) is 6.06. The van der Waals surface area contributed by atoms with E-state index in [2.05, 4.69) is 35.1 Å². The molecule has 0 amide bonds. The molecule has 0 aliphatic carbocycles. The minimum atomic E-state index is 0.918. The van der Waals surface area contributed by atoms with Crippen LogP contribution in [0.5, 0.6) is 0 Å². The second-order valence-electron chi connectivity index (χ2n) is 4.58. The third-order valence-electron chi connectivity index (χ3n) is 3.61. The van der Waals surface area contributed by atoms with Crippen molar-refractivity contribution in [3.8, 4) is 0 Å². The van der Waals surface area contributed by atoms with Gasteiger partial charge in [0.05, 0.1) is 0 Å². The fourth-order valence-electron chi connectivity index (χ4n) is 2.47. The van der Waals surface area contributed by atoms with Crippen LogP contribution in [0.1, 0.15) is 11.1 Å². The molecule has 0 radical (unpaired) electrons. The van der Waals surface area contributed by atoms with Crippen molar-refractivity contribution in [3.05, 3.63) is 23.6 Å². The van der Waals surface area contributed by atoms with Crippen molar-refractivity contribution in [1.82, 2.24) is 10.3 Å². The highest BCUT2D eigenvalue weighted by Gasteiger charge is 2.16. The number of aromatic nitrogens is 1. The molecule has 4 nitrogen and oxygen atoms in total. The van der Waals surface area contributed by atoms with Gasteiger partial charge in [0, 0.05) is 31.9 Å². The number of anilines is 1. The number of nitrogens with zero attached hydrogens (tertiary/aromatic N) is 2. The molecule has 4 heteroatoms. The van der Waals surface area contributed by atoms with E-state index in [-0.39, 0.29) is 0 Å². The van der Waals surface area contributed by atoms with Crippen LogP contribution in [0.4, 0.5) is 5.69 Å². The number of aryl methyl sites for hydroxylation is 1. The molecule has 0 atom stereocenters. The molecule has 0 bridgehead atoms. The summed E-state index contributed by atoms with van der Waals surface area (Å²) in [6.45, 7) is 8.49. The maximum Gasteiger partial charge on any atom is 0.181 e. The van der Waals surface area contributed by atoms with Gasteiger partial charge in [-0.05, 0) is 31.0 Å². The summed E-state index contributed by atoms with van der Waals surface area (Å²) in [6, 6.07) is 2.15. The van der Waals surface area contributed by atoms with E-state index in [1.807, 2.05) is 0 Å². The van der Waals surface area contributed by atoms with Gasteiger partial charge in [0.1, 0.15) is 5.52 Å². The van der Waals surface area contributed by atoms with Crippen LogP contribution >= 0.6 is 0 Å². The fourth-order valence-corrected chi connectivity index (χ4v) is 2.47. The largest absolute Gasteiger partial charge is 0.443 e. The van der Waals surface area contributed by atoms with Gasteiger partial charge in [-0.1, -0.05) is 0 Å². The summed E-state index contributed by atoms with van der Waals surface area (Å²) in [5.41, 5.74) is 5.68. The summed E-state index contributed by atoms with van der Waals surface area (Å²) in [6.07, 6.45) is 1.53. The number of hydrogen-bond donors (Lipinski definition) is 1. The average Bonchev–Trinajstić information content (AvgIpc) is 2.83. The average molecular weight is 231 g/mol. The molecule has 1 aliphatic heterocycles. The molecule has 2 aromatic rings. The van der Waals surface area contributed by atoms with Gasteiger partial charge in [-0.2, -0.15) is 0 Å². The second-order valence-corrected chi connectivity index (χ2v) is 4.58. The lowest BCUT2D eigenvalue weighted by atomic mass is 10.1. The van der Waals surface area contributed by atoms with E-state index in [1.165, 1.54) is 23.2 Å². The zero-order chi connectivity index (χ0) is 11.8. The molecular weight excluding hydrogens is 214 g/mol. The molecule has 90 valence electrons. The van der Waals surface area contributed by atoms with Crippen LogP contribution in [-0.2, 0) is 0 Å². The lowest BCUT2D eigenvalue weighted by Gasteiger charge is -2.31. The topological polar surface area (TPSA) is 41.3 Å². The number of piperazine rings is 1. The number of benzene rings is 1. The van der Waals surface area contributed by atoms with Crippen LogP contribution in [0, 0.1) is 13.8 Å². The van der Waals surface area contributed by atoms with Crippen molar-refractivity contribution in [1.29, 1.82) is 0 Å². The lowest BCUT2D eigenvalue weighted by molar-refractivity contribution is 0.587. The Morgan fingerprint density at radius 2 is 2.00 bits per heavy atom. The predicted octanol–water partition coefficient (Wildman–Crippen LogP) is 1.85. The highest BCUT2D eigenvalue weighted by molar-refractivity contribution is 5.83. The fraction of sp³-hybridized carbons (Fsp3) is 0.462. The standard InChI is InChI=1S/C13H17N3O/c1-9-10(2)13-11(15-8-17-13)7-12(9)16-5-3-14-4-6-16/h7-8,14H,3-6H2,1-2H3. The van der Waals surface area contributed by atoms with Crippen LogP contribution < -0.4 is 10.2 Å². The van der Waals surface area contributed by atoms with Crippen LogP contribution in [0.2, 0.25) is 0 Å². The summed E-state index contributed by atoms with van der Waals surface area (Å²) >= 11 is 0. The van der Waals surface area contributed by atoms with Gasteiger partial charge < -0.3 is 14.6 Å². The maximum atomic E-state index is 5.43. The van der Waals surface area contributed by atoms with Crippen molar-refractivity contribution in [2.75, 3.05) is 31.1 Å². The van der Waals surface area contributed by atoms with Crippen molar-refractivity contribution in [3.63, 3.8) is 0 Å². The Balaban J connectivity index is 2.11. The van der Waals surface area contributed by atoms with Crippen LogP contribution in [-0.4, -0.2) is 31.2 Å². The molecule has 1 aromatic heterocycles. The van der Waals surface area contributed by atoms with Crippen LogP contribution in [0.25, 0.3) is 11.1 Å². The first-order chi connectivity index (χ1) is 8.27. The number of nitrogens with one attached hydrogen (secondary N) is 1. The molecule has 1 aliphatic rings. The minimum Gasteiger partial charge on any atom is -0.443 e. The summed E-state index contributed by atoms with van der Waals surface area (Å²) in [4.78, 5) is 6.69. The predicted molar refractivity (Wildman–Crippen MR) is 68.6 cm³/mol. The third-order valence-corrected chi connectivity index (χ3v) is 3.61. The minimum absolute atomic E-state index is 0.918. The van der Waals surface area contributed by atoms with Crippen molar-refractivity contribution in [2.45, 2.75) is 13.8 Å². The molecule has 1 fully saturated rings. The molecule has 0 spiro atoms. The highest BCUT2D eigenvalue weighted by Crippen LogP contribution is 2.30. The molecule has 1 N–H and O–H groups in total. The van der Waals surface area contributed by atoms with E-state index in [0.717, 1.165) is 37.3 Å². The first kappa shape index (κ1) is 10.6. The van der Waals surface area contributed by atoms with Gasteiger partial charge in [-0.3, -0.25) is 0 Å². The highest BCUT2D eigenvalue weighted by atomic mass is 16.3. The molecule has 1 aromatic carbocycles. The molecule has 0 saturated carbocycles. The van der Waals surface area contributed by atoms with Crippen LogP contribution in [0.15, 0.2) is 16.9 Å². The smallest absolute Gasteiger partial charge is 0.181 e. The normalized spacial score (nSPS) is 16.7. The van der Waals surface area contributed by atoms with Crippen molar-refractivity contribution >= 4 is 16.8 Å². The van der Waals surface area contributed by atoms with E-state index in [1.54, 1.807) is 0 Å². The maximum absolute atomic E-state index is 5.43. The second kappa shape index (κ2) is 4.04. The van der Waals surface area contributed by atoms with Gasteiger partial charge in [0.2, 0.25) is 0 Å². The van der Waals surface area contributed by atoms with E-state index in [0.29, 0.717) is 0 Å². The number of oxazole rings is 1. The van der Waals surface area contributed by atoms with Crippen molar-refractivity contribution < 1.29 is 4.42 Å².